The van der Waals surface area contributed by atoms with Gasteiger partial charge in [-0.1, -0.05) is 6.08 Å². The van der Waals surface area contributed by atoms with Gasteiger partial charge in [-0.3, -0.25) is 9.56 Å². The van der Waals surface area contributed by atoms with E-state index < -0.39 is 0 Å². The Kier molecular flexibility index (Phi) is 3.11. The fraction of sp³-hybridized carbons (Fsp3) is 0.375. The fourth-order valence-corrected chi connectivity index (χ4v) is 1.57. The van der Waals surface area contributed by atoms with Crippen LogP contribution in [0.4, 0.5) is 0 Å². The molecule has 0 saturated heterocycles. The van der Waals surface area contributed by atoms with Gasteiger partial charge in [-0.2, -0.15) is 0 Å². The first-order valence-corrected chi connectivity index (χ1v) is 4.55. The molecular formula is C8H12N2S. The summed E-state index contributed by atoms with van der Waals surface area (Å²) < 4.78 is 2.02. The minimum Gasteiger partial charge on any atom is -0.300 e. The number of aromatic nitrogens is 1. The molecule has 2 nitrogen and oxygen atoms in total. The molecule has 0 fully saturated rings. The van der Waals surface area contributed by atoms with Crippen molar-refractivity contribution in [3.63, 3.8) is 0 Å². The van der Waals surface area contributed by atoms with Gasteiger partial charge in [-0.05, 0) is 13.8 Å². The molecule has 1 heterocycles. The molecule has 1 aromatic rings. The van der Waals surface area contributed by atoms with Crippen molar-refractivity contribution in [2.45, 2.75) is 13.8 Å². The Labute approximate surface area is 70.5 Å². The van der Waals surface area contributed by atoms with E-state index in [0.29, 0.717) is 0 Å². The summed E-state index contributed by atoms with van der Waals surface area (Å²) >= 11 is 1.66. The lowest BCUT2D eigenvalue weighted by Crippen LogP contribution is -2.07. The fourth-order valence-electron chi connectivity index (χ4n) is 0.810. The number of thiazole rings is 1. The van der Waals surface area contributed by atoms with Gasteiger partial charge in [-0.25, -0.2) is 0 Å². The maximum atomic E-state index is 4.32. The zero-order valence-electron chi connectivity index (χ0n) is 6.82. The lowest BCUT2D eigenvalue weighted by atomic mass is 10.7. The highest BCUT2D eigenvalue weighted by Crippen LogP contribution is 1.90. The van der Waals surface area contributed by atoms with E-state index in [4.69, 9.17) is 0 Å². The Balaban J connectivity index is 3.05. The largest absolute Gasteiger partial charge is 0.300 e. The van der Waals surface area contributed by atoms with E-state index in [1.165, 1.54) is 0 Å². The third kappa shape index (κ3) is 2.05. The van der Waals surface area contributed by atoms with E-state index in [0.717, 1.165) is 11.3 Å². The van der Waals surface area contributed by atoms with E-state index >= 15 is 0 Å². The lowest BCUT2D eigenvalue weighted by Gasteiger charge is -1.89. The van der Waals surface area contributed by atoms with E-state index in [2.05, 4.69) is 4.99 Å². The molecule has 3 heteroatoms. The van der Waals surface area contributed by atoms with Crippen molar-refractivity contribution in [1.82, 2.24) is 4.57 Å². The molecule has 0 radical (unpaired) electrons. The number of allylic oxidation sites excluding steroid dienone is 1. The van der Waals surface area contributed by atoms with Gasteiger partial charge in [0.25, 0.3) is 0 Å². The van der Waals surface area contributed by atoms with Crippen LogP contribution in [0.1, 0.15) is 13.8 Å². The van der Waals surface area contributed by atoms with Gasteiger partial charge in [0.05, 0.1) is 0 Å². The molecule has 0 atom stereocenters. The Hall–Kier alpha value is -0.830. The zero-order valence-corrected chi connectivity index (χ0v) is 7.64. The van der Waals surface area contributed by atoms with E-state index in [1.54, 1.807) is 11.3 Å². The van der Waals surface area contributed by atoms with Crippen molar-refractivity contribution < 1.29 is 0 Å². The highest BCUT2D eigenvalue weighted by Gasteiger charge is 1.86. The van der Waals surface area contributed by atoms with Crippen LogP contribution < -0.4 is 4.80 Å². The summed E-state index contributed by atoms with van der Waals surface area (Å²) in [5.74, 6) is 0. The van der Waals surface area contributed by atoms with Crippen LogP contribution in [0.25, 0.3) is 6.20 Å². The van der Waals surface area contributed by atoms with Crippen molar-refractivity contribution in [3.8, 4) is 0 Å². The minimum atomic E-state index is 0.845. The minimum absolute atomic E-state index is 0.845. The van der Waals surface area contributed by atoms with Crippen molar-refractivity contribution in [2.24, 2.45) is 4.99 Å². The van der Waals surface area contributed by atoms with Gasteiger partial charge in [0.15, 0.2) is 4.80 Å². The van der Waals surface area contributed by atoms with E-state index in [-0.39, 0.29) is 0 Å². The molecule has 0 aromatic carbocycles. The standard InChI is InChI=1S/C8H12N2S/c1-3-5-10-6-7-11-8(10)9-4-2/h3,5-7H,4H2,1-2H3/b5-3-,9-8?. The first-order valence-electron chi connectivity index (χ1n) is 3.67. The second-order valence-electron chi connectivity index (χ2n) is 2.05. The van der Waals surface area contributed by atoms with Crippen LogP contribution in [-0.4, -0.2) is 11.1 Å². The van der Waals surface area contributed by atoms with Crippen molar-refractivity contribution in [2.75, 3.05) is 6.54 Å². The van der Waals surface area contributed by atoms with Crippen LogP contribution >= 0.6 is 11.3 Å². The first-order chi connectivity index (χ1) is 5.38. The quantitative estimate of drug-likeness (QED) is 0.642. The predicted octanol–water partition coefficient (Wildman–Crippen LogP) is 1.96. The van der Waals surface area contributed by atoms with Crippen LogP contribution in [-0.2, 0) is 0 Å². The van der Waals surface area contributed by atoms with Crippen LogP contribution in [0.5, 0.6) is 0 Å². The molecular weight excluding hydrogens is 156 g/mol. The summed E-state index contributed by atoms with van der Waals surface area (Å²) in [4.78, 5) is 5.38. The number of hydrogen-bond donors (Lipinski definition) is 0. The molecule has 0 spiro atoms. The summed E-state index contributed by atoms with van der Waals surface area (Å²) in [5, 5.41) is 2.04. The molecule has 1 aromatic heterocycles. The maximum Gasteiger partial charge on any atom is 0.188 e. The average molecular weight is 168 g/mol. The summed E-state index contributed by atoms with van der Waals surface area (Å²) in [6.45, 7) is 4.89. The maximum absolute atomic E-state index is 4.32. The molecule has 0 unspecified atom stereocenters. The number of nitrogens with zero attached hydrogens (tertiary/aromatic N) is 2. The molecule has 0 amide bonds. The summed E-state index contributed by atoms with van der Waals surface area (Å²) in [6.07, 6.45) is 6.02. The van der Waals surface area contributed by atoms with E-state index in [9.17, 15) is 0 Å². The number of hydrogen-bond acceptors (Lipinski definition) is 2. The Morgan fingerprint density at radius 1 is 1.73 bits per heavy atom. The SMILES string of the molecule is C/C=C\n1ccsc1=NCC. The third-order valence-corrected chi connectivity index (χ3v) is 2.03. The highest BCUT2D eigenvalue weighted by atomic mass is 32.1. The van der Waals surface area contributed by atoms with Crippen LogP contribution in [0.15, 0.2) is 22.6 Å². The van der Waals surface area contributed by atoms with Crippen molar-refractivity contribution in [1.29, 1.82) is 0 Å². The molecule has 60 valence electrons. The lowest BCUT2D eigenvalue weighted by molar-refractivity contribution is 0.982. The molecule has 11 heavy (non-hydrogen) atoms. The third-order valence-electron chi connectivity index (χ3n) is 1.22. The Bertz CT molecular complexity index is 293. The first kappa shape index (κ1) is 8.27. The van der Waals surface area contributed by atoms with Gasteiger partial charge in [0.1, 0.15) is 0 Å². The van der Waals surface area contributed by atoms with Gasteiger partial charge in [0, 0.05) is 24.3 Å². The van der Waals surface area contributed by atoms with Gasteiger partial charge in [-0.15, -0.1) is 11.3 Å². The molecule has 0 aliphatic carbocycles. The van der Waals surface area contributed by atoms with Gasteiger partial charge >= 0.3 is 0 Å². The summed E-state index contributed by atoms with van der Waals surface area (Å²) in [6, 6.07) is 0. The highest BCUT2D eigenvalue weighted by molar-refractivity contribution is 7.07. The van der Waals surface area contributed by atoms with Gasteiger partial charge < -0.3 is 0 Å². The van der Waals surface area contributed by atoms with E-state index in [1.807, 2.05) is 42.3 Å². The summed E-state index contributed by atoms with van der Waals surface area (Å²) in [5.41, 5.74) is 0. The number of rotatable bonds is 2. The average Bonchev–Trinajstić information content (AvgIpc) is 2.39. The smallest absolute Gasteiger partial charge is 0.188 e. The van der Waals surface area contributed by atoms with Crippen LogP contribution in [0, 0.1) is 0 Å². The molecule has 0 bridgehead atoms. The van der Waals surface area contributed by atoms with Crippen molar-refractivity contribution >= 4 is 17.5 Å². The normalized spacial score (nSPS) is 13.1. The molecule has 0 aliphatic heterocycles. The van der Waals surface area contributed by atoms with Gasteiger partial charge in [0.2, 0.25) is 0 Å². The van der Waals surface area contributed by atoms with Crippen molar-refractivity contribution in [3.05, 3.63) is 22.5 Å². The van der Waals surface area contributed by atoms with Crippen LogP contribution in [0.2, 0.25) is 0 Å². The monoisotopic (exact) mass is 168 g/mol. The second kappa shape index (κ2) is 4.13. The second-order valence-corrected chi connectivity index (χ2v) is 2.92. The summed E-state index contributed by atoms with van der Waals surface area (Å²) in [7, 11) is 0. The predicted molar refractivity (Wildman–Crippen MR) is 49.4 cm³/mol. The molecule has 1 rings (SSSR count). The Morgan fingerprint density at radius 3 is 3.18 bits per heavy atom. The zero-order chi connectivity index (χ0) is 8.10. The van der Waals surface area contributed by atoms with Crippen LogP contribution in [0.3, 0.4) is 0 Å². The molecule has 0 saturated carbocycles. The topological polar surface area (TPSA) is 17.3 Å². The molecule has 0 aliphatic rings. The Morgan fingerprint density at radius 2 is 2.55 bits per heavy atom. The molecule has 0 N–H and O–H groups in total.